The molecule has 10 nitrogen and oxygen atoms in total. The number of benzene rings is 1. The van der Waals surface area contributed by atoms with Gasteiger partial charge in [-0.3, -0.25) is 19.2 Å². The van der Waals surface area contributed by atoms with E-state index in [9.17, 15) is 19.2 Å². The van der Waals surface area contributed by atoms with Gasteiger partial charge in [-0.2, -0.15) is 0 Å². The number of fused-ring (bicyclic) bond motifs is 1. The predicted molar refractivity (Wildman–Crippen MR) is 160 cm³/mol. The fraction of sp³-hybridized carbons (Fsp3) is 0.625. The lowest BCUT2D eigenvalue weighted by atomic mass is 9.75. The third kappa shape index (κ3) is 8.41. The number of ether oxygens (including phenoxy) is 1. The normalized spacial score (nSPS) is 26.0. The van der Waals surface area contributed by atoms with E-state index in [2.05, 4.69) is 28.1 Å². The molecule has 3 aliphatic rings. The Balaban J connectivity index is 1.55. The fourth-order valence-electron chi connectivity index (χ4n) is 6.40. The van der Waals surface area contributed by atoms with E-state index in [1.54, 1.807) is 0 Å². The summed E-state index contributed by atoms with van der Waals surface area (Å²) < 4.78 is 5.59. The number of nitrogens with two attached hydrogens (primary N) is 1. The van der Waals surface area contributed by atoms with E-state index in [1.807, 2.05) is 35.2 Å². The van der Waals surface area contributed by atoms with Crippen LogP contribution in [0.3, 0.4) is 0 Å². The lowest BCUT2D eigenvalue weighted by Crippen LogP contribution is -2.59. The molecule has 10 heteroatoms. The highest BCUT2D eigenvalue weighted by atomic mass is 16.5. The van der Waals surface area contributed by atoms with Crippen LogP contribution in [0.25, 0.3) is 0 Å². The van der Waals surface area contributed by atoms with Crippen LogP contribution >= 0.6 is 0 Å². The molecule has 4 rings (SSSR count). The van der Waals surface area contributed by atoms with Crippen LogP contribution in [0.5, 0.6) is 0 Å². The molecule has 0 saturated carbocycles. The Morgan fingerprint density at radius 2 is 1.88 bits per heavy atom. The number of unbranched alkanes of at least 4 members (excludes halogenated alkanes) is 1. The van der Waals surface area contributed by atoms with Gasteiger partial charge in [-0.25, -0.2) is 0 Å². The van der Waals surface area contributed by atoms with Gasteiger partial charge in [0.2, 0.25) is 23.6 Å². The Hall–Kier alpha value is -3.24. The Morgan fingerprint density at radius 1 is 1.12 bits per heavy atom. The molecule has 0 bridgehead atoms. The molecule has 230 valence electrons. The third-order valence-corrected chi connectivity index (χ3v) is 8.95. The number of allylic oxidation sites excluding steroid dienone is 2. The Bertz CT molecular complexity index is 1100. The second-order valence-electron chi connectivity index (χ2n) is 12.0. The third-order valence-electron chi connectivity index (χ3n) is 8.95. The van der Waals surface area contributed by atoms with Crippen LogP contribution in [-0.2, 0) is 30.3 Å². The first-order chi connectivity index (χ1) is 20.3. The van der Waals surface area contributed by atoms with Gasteiger partial charge in [0.15, 0.2) is 0 Å². The minimum absolute atomic E-state index is 0.00284. The first kappa shape index (κ1) is 31.7. The maximum Gasteiger partial charge on any atom is 0.245 e. The molecule has 42 heavy (non-hydrogen) atoms. The van der Waals surface area contributed by atoms with E-state index in [1.165, 1.54) is 6.92 Å². The molecule has 4 amide bonds. The highest BCUT2D eigenvalue weighted by molar-refractivity contribution is 5.91. The SMILES string of the molecule is CC(=O)N[C@@H](CCCCN)C(=O)N1CC[C@H]2NC(=O)[C@@H](Cc3ccccc3)NC(=O)C3(C/C=C/C[C@H]2C1)CCOCC3. The highest BCUT2D eigenvalue weighted by Gasteiger charge is 2.42. The number of carbonyl (C=O) groups excluding carboxylic acids is 4. The molecule has 1 spiro atoms. The van der Waals surface area contributed by atoms with E-state index in [4.69, 9.17) is 10.5 Å². The van der Waals surface area contributed by atoms with Gasteiger partial charge in [-0.15, -0.1) is 0 Å². The summed E-state index contributed by atoms with van der Waals surface area (Å²) in [6.45, 7) is 3.96. The fourth-order valence-corrected chi connectivity index (χ4v) is 6.40. The maximum absolute atomic E-state index is 13.8. The van der Waals surface area contributed by atoms with Crippen LogP contribution < -0.4 is 21.7 Å². The average Bonchev–Trinajstić information content (AvgIpc) is 2.99. The monoisotopic (exact) mass is 581 g/mol. The zero-order valence-electron chi connectivity index (χ0n) is 24.8. The molecular weight excluding hydrogens is 534 g/mol. The van der Waals surface area contributed by atoms with Crippen molar-refractivity contribution in [3.8, 4) is 0 Å². The molecule has 1 aromatic carbocycles. The van der Waals surface area contributed by atoms with Crippen molar-refractivity contribution in [3.05, 3.63) is 48.0 Å². The summed E-state index contributed by atoms with van der Waals surface area (Å²) in [7, 11) is 0. The quantitative estimate of drug-likeness (QED) is 0.273. The van der Waals surface area contributed by atoms with Crippen LogP contribution in [0.1, 0.15) is 63.9 Å². The van der Waals surface area contributed by atoms with Crippen molar-refractivity contribution in [1.29, 1.82) is 0 Å². The maximum atomic E-state index is 13.8. The number of likely N-dealkylation sites (tertiary alicyclic amines) is 1. The molecule has 3 heterocycles. The van der Waals surface area contributed by atoms with Gasteiger partial charge < -0.3 is 31.3 Å². The minimum atomic E-state index is -0.713. The number of amides is 4. The predicted octanol–water partition coefficient (Wildman–Crippen LogP) is 1.83. The van der Waals surface area contributed by atoms with Gasteiger partial charge in [0.25, 0.3) is 0 Å². The van der Waals surface area contributed by atoms with Crippen molar-refractivity contribution < 1.29 is 23.9 Å². The van der Waals surface area contributed by atoms with Gasteiger partial charge in [0, 0.05) is 51.6 Å². The lowest BCUT2D eigenvalue weighted by Gasteiger charge is -2.41. The van der Waals surface area contributed by atoms with Crippen molar-refractivity contribution in [2.24, 2.45) is 17.1 Å². The van der Waals surface area contributed by atoms with Crippen LogP contribution in [0, 0.1) is 11.3 Å². The summed E-state index contributed by atoms with van der Waals surface area (Å²) in [4.78, 5) is 54.8. The molecule has 2 saturated heterocycles. The standard InChI is InChI=1S/C32H47N5O5/c1-23(38)34-27(12-6-8-17-33)30(40)37-18-13-26-25(22-37)11-5-7-14-32(15-19-42-20-16-32)31(41)36-28(29(39)35-26)21-24-9-3-2-4-10-24/h2-5,7,9-10,25-28H,6,8,11-22,33H2,1H3,(H,34,38)(H,35,39)(H,36,41)/b7-5+/t25-,26+,27-,28+/m0/s1. The van der Waals surface area contributed by atoms with Gasteiger partial charge in [0.1, 0.15) is 12.1 Å². The first-order valence-corrected chi connectivity index (χ1v) is 15.5. The molecule has 3 aliphatic heterocycles. The summed E-state index contributed by atoms with van der Waals surface area (Å²) in [6, 6.07) is 8.29. The summed E-state index contributed by atoms with van der Waals surface area (Å²) >= 11 is 0. The smallest absolute Gasteiger partial charge is 0.245 e. The van der Waals surface area contributed by atoms with Crippen molar-refractivity contribution in [1.82, 2.24) is 20.9 Å². The summed E-state index contributed by atoms with van der Waals surface area (Å²) in [6.07, 6.45) is 9.72. The minimum Gasteiger partial charge on any atom is -0.381 e. The van der Waals surface area contributed by atoms with E-state index in [-0.39, 0.29) is 35.6 Å². The number of nitrogens with zero attached hydrogens (tertiary/aromatic N) is 1. The molecule has 1 aromatic rings. The summed E-state index contributed by atoms with van der Waals surface area (Å²) in [5.74, 6) is -0.611. The summed E-state index contributed by atoms with van der Waals surface area (Å²) in [5, 5.41) is 9.20. The molecule has 5 N–H and O–H groups in total. The van der Waals surface area contributed by atoms with Crippen LogP contribution in [0.15, 0.2) is 42.5 Å². The van der Waals surface area contributed by atoms with Crippen molar-refractivity contribution in [2.45, 2.75) is 82.8 Å². The van der Waals surface area contributed by atoms with Crippen LogP contribution in [-0.4, -0.2) is 79.5 Å². The molecule has 0 aliphatic carbocycles. The molecule has 0 aromatic heterocycles. The van der Waals surface area contributed by atoms with Gasteiger partial charge in [-0.1, -0.05) is 42.5 Å². The van der Waals surface area contributed by atoms with E-state index < -0.39 is 17.5 Å². The first-order valence-electron chi connectivity index (χ1n) is 15.5. The molecule has 2 fully saturated rings. The van der Waals surface area contributed by atoms with E-state index in [0.29, 0.717) is 77.8 Å². The number of hydrogen-bond acceptors (Lipinski definition) is 6. The highest BCUT2D eigenvalue weighted by Crippen LogP contribution is 2.36. The van der Waals surface area contributed by atoms with Gasteiger partial charge >= 0.3 is 0 Å². The number of rotatable bonds is 8. The van der Waals surface area contributed by atoms with E-state index >= 15 is 0 Å². The van der Waals surface area contributed by atoms with Crippen LogP contribution in [0.4, 0.5) is 0 Å². The zero-order valence-corrected chi connectivity index (χ0v) is 24.8. The molecule has 0 unspecified atom stereocenters. The largest absolute Gasteiger partial charge is 0.381 e. The number of nitrogens with one attached hydrogen (secondary N) is 3. The lowest BCUT2D eigenvalue weighted by molar-refractivity contribution is -0.141. The number of piperidine rings is 1. The number of hydrogen-bond donors (Lipinski definition) is 4. The Morgan fingerprint density at radius 3 is 2.60 bits per heavy atom. The Labute approximate surface area is 249 Å². The van der Waals surface area contributed by atoms with Crippen molar-refractivity contribution >= 4 is 23.6 Å². The number of carbonyl (C=O) groups is 4. The topological polar surface area (TPSA) is 143 Å². The second kappa shape index (κ2) is 15.3. The molecular formula is C32H47N5O5. The van der Waals surface area contributed by atoms with Crippen LogP contribution in [0.2, 0.25) is 0 Å². The average molecular weight is 582 g/mol. The van der Waals surface area contributed by atoms with Crippen molar-refractivity contribution in [3.63, 3.8) is 0 Å². The van der Waals surface area contributed by atoms with Crippen molar-refractivity contribution in [2.75, 3.05) is 32.8 Å². The Kier molecular flexibility index (Phi) is 11.5. The molecule has 4 atom stereocenters. The summed E-state index contributed by atoms with van der Waals surface area (Å²) in [5.41, 5.74) is 6.00. The molecule has 0 radical (unpaired) electrons. The zero-order chi connectivity index (χ0) is 30.0. The van der Waals surface area contributed by atoms with E-state index in [0.717, 1.165) is 18.4 Å². The second-order valence-corrected chi connectivity index (χ2v) is 12.0. The van der Waals surface area contributed by atoms with Gasteiger partial charge in [-0.05, 0) is 63.5 Å². The van der Waals surface area contributed by atoms with Gasteiger partial charge in [0.05, 0.1) is 5.41 Å².